The first-order valence-corrected chi connectivity index (χ1v) is 7.32. The number of nitriles is 2. The Morgan fingerprint density at radius 1 is 1.08 bits per heavy atom. The quantitative estimate of drug-likeness (QED) is 0.820. The molecule has 1 N–H and O–H groups in total. The molecule has 120 valence electrons. The summed E-state index contributed by atoms with van der Waals surface area (Å²) in [4.78, 5) is 4.58. The highest BCUT2D eigenvalue weighted by molar-refractivity contribution is 7.99. The molecule has 24 heavy (non-hydrogen) atoms. The number of pyridine rings is 1. The number of halogens is 3. The molecule has 0 amide bonds. The van der Waals surface area contributed by atoms with Crippen LogP contribution in [0.5, 0.6) is 0 Å². The normalized spacial score (nSPS) is 10.4. The number of benzene rings is 1. The van der Waals surface area contributed by atoms with Crippen molar-refractivity contribution in [1.82, 2.24) is 4.98 Å². The number of rotatable bonds is 4. The fourth-order valence-corrected chi connectivity index (χ4v) is 2.35. The average Bonchev–Trinajstić information content (AvgIpc) is 2.57. The molecular formula is C16H9F3N4S. The van der Waals surface area contributed by atoms with Crippen molar-refractivity contribution in [1.29, 1.82) is 10.5 Å². The SMILES string of the molecule is N#CC(C#N)=CNc1ccc(Sc2ccc(C(F)(F)F)cn2)cc1. The molecule has 0 aliphatic carbocycles. The fourth-order valence-electron chi connectivity index (χ4n) is 1.59. The van der Waals surface area contributed by atoms with E-state index in [0.717, 1.165) is 17.2 Å². The first-order chi connectivity index (χ1) is 11.4. The van der Waals surface area contributed by atoms with Crippen LogP contribution in [0.1, 0.15) is 5.56 Å². The van der Waals surface area contributed by atoms with Gasteiger partial charge in [-0.2, -0.15) is 23.7 Å². The molecule has 0 saturated carbocycles. The highest BCUT2D eigenvalue weighted by Gasteiger charge is 2.30. The summed E-state index contributed by atoms with van der Waals surface area (Å²) in [6.45, 7) is 0. The number of hydrogen-bond acceptors (Lipinski definition) is 5. The molecule has 2 aromatic rings. The van der Waals surface area contributed by atoms with E-state index >= 15 is 0 Å². The molecule has 0 bridgehead atoms. The molecule has 1 aromatic heterocycles. The molecule has 0 unspecified atom stereocenters. The molecule has 8 heteroatoms. The van der Waals surface area contributed by atoms with Gasteiger partial charge in [0, 0.05) is 23.0 Å². The third kappa shape index (κ3) is 4.77. The van der Waals surface area contributed by atoms with Crippen LogP contribution in [0.4, 0.5) is 18.9 Å². The Bertz CT molecular complexity index is 797. The predicted molar refractivity (Wildman–Crippen MR) is 82.7 cm³/mol. The van der Waals surface area contributed by atoms with Crippen molar-refractivity contribution >= 4 is 17.4 Å². The van der Waals surface area contributed by atoms with Gasteiger partial charge in [0.1, 0.15) is 22.7 Å². The molecule has 0 saturated heterocycles. The number of allylic oxidation sites excluding steroid dienone is 1. The van der Waals surface area contributed by atoms with Crippen LogP contribution in [0.25, 0.3) is 0 Å². The molecular weight excluding hydrogens is 337 g/mol. The Labute approximate surface area is 140 Å². The summed E-state index contributed by atoms with van der Waals surface area (Å²) in [6, 6.07) is 12.7. The Hall–Kier alpha value is -2.97. The Balaban J connectivity index is 2.03. The second-order valence-corrected chi connectivity index (χ2v) is 5.53. The second-order valence-electron chi connectivity index (χ2n) is 4.44. The van der Waals surface area contributed by atoms with Crippen LogP contribution in [-0.4, -0.2) is 4.98 Å². The van der Waals surface area contributed by atoms with Crippen LogP contribution in [0.2, 0.25) is 0 Å². The zero-order chi connectivity index (χ0) is 17.6. The highest BCUT2D eigenvalue weighted by Crippen LogP contribution is 2.31. The fraction of sp³-hybridized carbons (Fsp3) is 0.0625. The zero-order valence-corrected chi connectivity index (χ0v) is 12.8. The molecule has 0 fully saturated rings. The number of aromatic nitrogens is 1. The maximum absolute atomic E-state index is 12.5. The van der Waals surface area contributed by atoms with Gasteiger partial charge in [0.15, 0.2) is 0 Å². The van der Waals surface area contributed by atoms with Crippen molar-refractivity contribution in [2.45, 2.75) is 16.1 Å². The Morgan fingerprint density at radius 2 is 1.75 bits per heavy atom. The van der Waals surface area contributed by atoms with Gasteiger partial charge in [-0.1, -0.05) is 11.8 Å². The van der Waals surface area contributed by atoms with E-state index in [4.69, 9.17) is 10.5 Å². The number of nitrogens with one attached hydrogen (secondary N) is 1. The van der Waals surface area contributed by atoms with Crippen molar-refractivity contribution in [2.75, 3.05) is 5.32 Å². The lowest BCUT2D eigenvalue weighted by Gasteiger charge is -2.07. The van der Waals surface area contributed by atoms with E-state index in [2.05, 4.69) is 10.3 Å². The van der Waals surface area contributed by atoms with Crippen molar-refractivity contribution in [3.63, 3.8) is 0 Å². The van der Waals surface area contributed by atoms with Gasteiger partial charge in [-0.15, -0.1) is 0 Å². The maximum Gasteiger partial charge on any atom is 0.417 e. The molecule has 0 aliphatic rings. The van der Waals surface area contributed by atoms with Gasteiger partial charge >= 0.3 is 6.18 Å². The first kappa shape index (κ1) is 17.4. The van der Waals surface area contributed by atoms with Gasteiger partial charge in [-0.25, -0.2) is 4.98 Å². The van der Waals surface area contributed by atoms with Crippen LogP contribution in [-0.2, 0) is 6.18 Å². The molecule has 0 radical (unpaired) electrons. The van der Waals surface area contributed by atoms with Crippen molar-refractivity contribution < 1.29 is 13.2 Å². The van der Waals surface area contributed by atoms with E-state index in [0.29, 0.717) is 10.7 Å². The zero-order valence-electron chi connectivity index (χ0n) is 12.0. The maximum atomic E-state index is 12.5. The van der Waals surface area contributed by atoms with Crippen molar-refractivity contribution in [3.8, 4) is 12.1 Å². The third-order valence-corrected chi connectivity index (χ3v) is 3.72. The van der Waals surface area contributed by atoms with E-state index in [1.165, 1.54) is 24.0 Å². The van der Waals surface area contributed by atoms with Crippen LogP contribution in [0.15, 0.2) is 64.3 Å². The van der Waals surface area contributed by atoms with E-state index in [9.17, 15) is 13.2 Å². The smallest absolute Gasteiger partial charge is 0.360 e. The number of nitrogens with zero attached hydrogens (tertiary/aromatic N) is 3. The summed E-state index contributed by atoms with van der Waals surface area (Å²) in [5.74, 6) is 0. The lowest BCUT2D eigenvalue weighted by atomic mass is 10.3. The molecule has 0 atom stereocenters. The largest absolute Gasteiger partial charge is 0.417 e. The molecule has 0 spiro atoms. The van der Waals surface area contributed by atoms with Gasteiger partial charge in [0.25, 0.3) is 0 Å². The van der Waals surface area contributed by atoms with Gasteiger partial charge in [-0.05, 0) is 36.4 Å². The lowest BCUT2D eigenvalue weighted by Crippen LogP contribution is -2.04. The molecule has 2 rings (SSSR count). The summed E-state index contributed by atoms with van der Waals surface area (Å²) >= 11 is 1.22. The van der Waals surface area contributed by atoms with Gasteiger partial charge in [0.2, 0.25) is 0 Å². The van der Waals surface area contributed by atoms with Gasteiger partial charge in [-0.3, -0.25) is 0 Å². The number of anilines is 1. The molecule has 1 aromatic carbocycles. The van der Waals surface area contributed by atoms with Gasteiger partial charge in [0.05, 0.1) is 5.56 Å². The third-order valence-electron chi connectivity index (χ3n) is 2.76. The topological polar surface area (TPSA) is 72.5 Å². The molecule has 4 nitrogen and oxygen atoms in total. The Morgan fingerprint density at radius 3 is 2.25 bits per heavy atom. The summed E-state index contributed by atoms with van der Waals surface area (Å²) in [7, 11) is 0. The van der Waals surface area contributed by atoms with E-state index in [1.807, 2.05) is 0 Å². The number of hydrogen-bond donors (Lipinski definition) is 1. The summed E-state index contributed by atoms with van der Waals surface area (Å²) in [6.07, 6.45) is -2.31. The van der Waals surface area contributed by atoms with E-state index in [-0.39, 0.29) is 5.57 Å². The van der Waals surface area contributed by atoms with Crippen molar-refractivity contribution in [3.05, 3.63) is 59.9 Å². The molecule has 1 heterocycles. The van der Waals surface area contributed by atoms with Gasteiger partial charge < -0.3 is 5.32 Å². The minimum Gasteiger partial charge on any atom is -0.360 e. The summed E-state index contributed by atoms with van der Waals surface area (Å²) < 4.78 is 37.4. The predicted octanol–water partition coefficient (Wildman–Crippen LogP) is 4.59. The van der Waals surface area contributed by atoms with Crippen LogP contribution >= 0.6 is 11.8 Å². The van der Waals surface area contributed by atoms with Crippen LogP contribution in [0, 0.1) is 22.7 Å². The lowest BCUT2D eigenvalue weighted by molar-refractivity contribution is -0.137. The summed E-state index contributed by atoms with van der Waals surface area (Å²) in [5.41, 5.74) is -0.172. The minimum atomic E-state index is -4.40. The van der Waals surface area contributed by atoms with E-state index < -0.39 is 11.7 Å². The first-order valence-electron chi connectivity index (χ1n) is 6.50. The highest BCUT2D eigenvalue weighted by atomic mass is 32.2. The second kappa shape index (κ2) is 7.53. The monoisotopic (exact) mass is 346 g/mol. The standard InChI is InChI=1S/C16H9F3N4S/c17-16(18,19)12-1-6-15(23-10-12)24-14-4-2-13(3-5-14)22-9-11(7-20)8-21/h1-6,9-10,22H. The van der Waals surface area contributed by atoms with Crippen LogP contribution in [0.3, 0.4) is 0 Å². The van der Waals surface area contributed by atoms with Crippen molar-refractivity contribution in [2.24, 2.45) is 0 Å². The Kier molecular flexibility index (Phi) is 5.46. The number of alkyl halides is 3. The van der Waals surface area contributed by atoms with Crippen LogP contribution < -0.4 is 5.32 Å². The van der Waals surface area contributed by atoms with E-state index in [1.54, 1.807) is 36.4 Å². The minimum absolute atomic E-state index is 0.0533. The summed E-state index contributed by atoms with van der Waals surface area (Å²) in [5, 5.41) is 20.5. The average molecular weight is 346 g/mol. The molecule has 0 aliphatic heterocycles.